The molecule has 0 radical (unpaired) electrons. The zero-order chi connectivity index (χ0) is 11.1. The average molecular weight is 208 g/mol. The molecule has 1 aromatic rings. The normalized spacial score (nSPS) is 18.5. The maximum atomic E-state index is 13.0. The number of halogens is 1. The number of hydrogen-bond acceptors (Lipinski definition) is 2. The van der Waals surface area contributed by atoms with E-state index in [-0.39, 0.29) is 17.3 Å². The Hall–Kier alpha value is -1.58. The van der Waals surface area contributed by atoms with Crippen molar-refractivity contribution in [1.82, 2.24) is 0 Å². The molecule has 0 saturated heterocycles. The summed E-state index contributed by atoms with van der Waals surface area (Å²) in [6.07, 6.45) is 0.364. The van der Waals surface area contributed by atoms with E-state index in [1.54, 1.807) is 6.07 Å². The molecule has 4 heteroatoms. The topological polar surface area (TPSA) is 41.1 Å². The second kappa shape index (κ2) is 3.22. The van der Waals surface area contributed by atoms with Crippen molar-refractivity contribution in [2.45, 2.75) is 25.8 Å². The minimum Gasteiger partial charge on any atom is -0.378 e. The smallest absolute Gasteiger partial charge is 0.226 e. The zero-order valence-corrected chi connectivity index (χ0v) is 8.73. The molecule has 0 aliphatic carbocycles. The number of hydrogen-bond donors (Lipinski definition) is 2. The maximum absolute atomic E-state index is 13.0. The van der Waals surface area contributed by atoms with Gasteiger partial charge in [-0.15, -0.1) is 0 Å². The zero-order valence-electron chi connectivity index (χ0n) is 8.73. The molecule has 1 aromatic carbocycles. The molecule has 15 heavy (non-hydrogen) atoms. The summed E-state index contributed by atoms with van der Waals surface area (Å²) in [5, 5.41) is 5.88. The number of carbonyl (C=O) groups is 1. The van der Waals surface area contributed by atoms with Crippen LogP contribution in [0.2, 0.25) is 0 Å². The second-order valence-electron chi connectivity index (χ2n) is 4.42. The van der Waals surface area contributed by atoms with Crippen LogP contribution in [0, 0.1) is 5.82 Å². The lowest BCUT2D eigenvalue weighted by molar-refractivity contribution is -0.116. The van der Waals surface area contributed by atoms with Crippen LogP contribution in [0.3, 0.4) is 0 Å². The van der Waals surface area contributed by atoms with Gasteiger partial charge in [-0.3, -0.25) is 4.79 Å². The van der Waals surface area contributed by atoms with Crippen LogP contribution in [0.5, 0.6) is 0 Å². The van der Waals surface area contributed by atoms with E-state index in [9.17, 15) is 9.18 Å². The van der Waals surface area contributed by atoms with E-state index in [1.807, 2.05) is 13.8 Å². The van der Waals surface area contributed by atoms with E-state index in [0.29, 0.717) is 12.1 Å². The molecule has 0 atom stereocenters. The van der Waals surface area contributed by atoms with Gasteiger partial charge < -0.3 is 10.6 Å². The van der Waals surface area contributed by atoms with Gasteiger partial charge in [0.05, 0.1) is 11.4 Å². The Labute approximate surface area is 87.7 Å². The SMILES string of the molecule is CC1(C)CC(=O)Nc2cc(F)ccc2N1. The summed E-state index contributed by atoms with van der Waals surface area (Å²) in [6.45, 7) is 3.87. The van der Waals surface area contributed by atoms with Gasteiger partial charge in [-0.1, -0.05) is 0 Å². The average Bonchev–Trinajstić information content (AvgIpc) is 2.18. The summed E-state index contributed by atoms with van der Waals surface area (Å²) in [5.74, 6) is -0.451. The third-order valence-corrected chi connectivity index (χ3v) is 2.33. The molecule has 0 bridgehead atoms. The van der Waals surface area contributed by atoms with E-state index in [0.717, 1.165) is 5.69 Å². The first-order valence-corrected chi connectivity index (χ1v) is 4.84. The summed E-state index contributed by atoms with van der Waals surface area (Å²) in [5.41, 5.74) is 0.950. The van der Waals surface area contributed by atoms with Gasteiger partial charge in [0.25, 0.3) is 0 Å². The van der Waals surface area contributed by atoms with Crippen LogP contribution >= 0.6 is 0 Å². The molecule has 0 aromatic heterocycles. The van der Waals surface area contributed by atoms with Gasteiger partial charge in [0, 0.05) is 12.0 Å². The fraction of sp³-hybridized carbons (Fsp3) is 0.364. The minimum absolute atomic E-state index is 0.100. The maximum Gasteiger partial charge on any atom is 0.226 e. The molecule has 2 N–H and O–H groups in total. The van der Waals surface area contributed by atoms with Gasteiger partial charge in [-0.05, 0) is 32.0 Å². The van der Waals surface area contributed by atoms with Gasteiger partial charge in [-0.25, -0.2) is 4.39 Å². The summed E-state index contributed by atoms with van der Waals surface area (Å²) >= 11 is 0. The molecule has 0 unspecified atom stereocenters. The lowest BCUT2D eigenvalue weighted by Gasteiger charge is -2.24. The molecule has 2 rings (SSSR count). The Bertz CT molecular complexity index is 415. The number of carbonyl (C=O) groups excluding carboxylic acids is 1. The monoisotopic (exact) mass is 208 g/mol. The molecule has 1 amide bonds. The summed E-state index contributed by atoms with van der Waals surface area (Å²) < 4.78 is 13.0. The molecule has 1 heterocycles. The van der Waals surface area contributed by atoms with Crippen molar-refractivity contribution in [3.05, 3.63) is 24.0 Å². The predicted octanol–water partition coefficient (Wildman–Crippen LogP) is 2.36. The first-order valence-electron chi connectivity index (χ1n) is 4.84. The van der Waals surface area contributed by atoms with Gasteiger partial charge in [0.2, 0.25) is 5.91 Å². The van der Waals surface area contributed by atoms with Gasteiger partial charge >= 0.3 is 0 Å². The van der Waals surface area contributed by atoms with Gasteiger partial charge in [0.15, 0.2) is 0 Å². The second-order valence-corrected chi connectivity index (χ2v) is 4.42. The Kier molecular flexibility index (Phi) is 2.14. The lowest BCUT2D eigenvalue weighted by Crippen LogP contribution is -2.32. The van der Waals surface area contributed by atoms with E-state index in [2.05, 4.69) is 10.6 Å². The molecular formula is C11H13FN2O. The van der Waals surface area contributed by atoms with Crippen molar-refractivity contribution in [3.63, 3.8) is 0 Å². The molecule has 1 aliphatic heterocycles. The lowest BCUT2D eigenvalue weighted by atomic mass is 10.0. The van der Waals surface area contributed by atoms with Crippen LogP contribution in [-0.4, -0.2) is 11.4 Å². The highest BCUT2D eigenvalue weighted by Gasteiger charge is 2.26. The van der Waals surface area contributed by atoms with Crippen LogP contribution in [0.4, 0.5) is 15.8 Å². The van der Waals surface area contributed by atoms with Gasteiger partial charge in [-0.2, -0.15) is 0 Å². The Morgan fingerprint density at radius 1 is 1.33 bits per heavy atom. The summed E-state index contributed by atoms with van der Waals surface area (Å²) in [6, 6.07) is 4.33. The molecule has 3 nitrogen and oxygen atoms in total. The third kappa shape index (κ3) is 2.09. The minimum atomic E-state index is -0.351. The number of rotatable bonds is 0. The number of nitrogens with one attached hydrogen (secondary N) is 2. The first-order chi connectivity index (χ1) is 6.96. The largest absolute Gasteiger partial charge is 0.378 e. The quantitative estimate of drug-likeness (QED) is 0.687. The van der Waals surface area contributed by atoms with Crippen LogP contribution in [-0.2, 0) is 4.79 Å². The van der Waals surface area contributed by atoms with Crippen molar-refractivity contribution < 1.29 is 9.18 Å². The van der Waals surface area contributed by atoms with Crippen LogP contribution in [0.15, 0.2) is 18.2 Å². The van der Waals surface area contributed by atoms with Crippen molar-refractivity contribution in [2.75, 3.05) is 10.6 Å². The highest BCUT2D eigenvalue weighted by atomic mass is 19.1. The highest BCUT2D eigenvalue weighted by Crippen LogP contribution is 2.30. The molecule has 80 valence electrons. The summed E-state index contributed by atoms with van der Waals surface area (Å²) in [7, 11) is 0. The van der Waals surface area contributed by atoms with Crippen molar-refractivity contribution in [1.29, 1.82) is 0 Å². The Morgan fingerprint density at radius 2 is 2.07 bits per heavy atom. The van der Waals surface area contributed by atoms with E-state index < -0.39 is 0 Å². The summed E-state index contributed by atoms with van der Waals surface area (Å²) in [4.78, 5) is 11.5. The standard InChI is InChI=1S/C11H13FN2O/c1-11(2)6-10(15)13-9-5-7(12)3-4-8(9)14-11/h3-5,14H,6H2,1-2H3,(H,13,15). The van der Waals surface area contributed by atoms with E-state index in [1.165, 1.54) is 12.1 Å². The first kappa shape index (κ1) is 9.96. The highest BCUT2D eigenvalue weighted by molar-refractivity contribution is 5.96. The number of anilines is 2. The van der Waals surface area contributed by atoms with Crippen molar-refractivity contribution in [2.24, 2.45) is 0 Å². The van der Waals surface area contributed by atoms with E-state index in [4.69, 9.17) is 0 Å². The van der Waals surface area contributed by atoms with E-state index >= 15 is 0 Å². The Balaban J connectivity index is 2.45. The molecule has 0 spiro atoms. The Morgan fingerprint density at radius 3 is 2.80 bits per heavy atom. The van der Waals surface area contributed by atoms with Gasteiger partial charge in [0.1, 0.15) is 5.82 Å². The molecular weight excluding hydrogens is 195 g/mol. The number of amides is 1. The molecule has 0 fully saturated rings. The molecule has 0 saturated carbocycles. The fourth-order valence-electron chi connectivity index (χ4n) is 1.73. The third-order valence-electron chi connectivity index (χ3n) is 2.33. The number of benzene rings is 1. The molecule has 1 aliphatic rings. The van der Waals surface area contributed by atoms with Crippen LogP contribution in [0.25, 0.3) is 0 Å². The predicted molar refractivity (Wildman–Crippen MR) is 57.3 cm³/mol. The van der Waals surface area contributed by atoms with Crippen LogP contribution in [0.1, 0.15) is 20.3 Å². The van der Waals surface area contributed by atoms with Crippen LogP contribution < -0.4 is 10.6 Å². The fourth-order valence-corrected chi connectivity index (χ4v) is 1.73. The number of fused-ring (bicyclic) bond motifs is 1. The van der Waals surface area contributed by atoms with Crippen molar-refractivity contribution >= 4 is 17.3 Å². The van der Waals surface area contributed by atoms with Crippen molar-refractivity contribution in [3.8, 4) is 0 Å².